The van der Waals surface area contributed by atoms with E-state index in [1.165, 1.54) is 0 Å². The van der Waals surface area contributed by atoms with E-state index < -0.39 is 5.54 Å². The van der Waals surface area contributed by atoms with Gasteiger partial charge in [0.05, 0.1) is 24.4 Å². The molecular formula is C28H33ClN2O2S. The SMILES string of the molecule is C#CC(N)(c1nc(-c2cc(C)c(OC)cc2Cl)c(C)s1)[C@@H](CCCC)c1ccc(COC)cc1. The van der Waals surface area contributed by atoms with Gasteiger partial charge in [-0.15, -0.1) is 17.8 Å². The molecule has 0 aliphatic carbocycles. The summed E-state index contributed by atoms with van der Waals surface area (Å²) in [5, 5.41) is 1.32. The van der Waals surface area contributed by atoms with Gasteiger partial charge in [0.1, 0.15) is 16.3 Å². The van der Waals surface area contributed by atoms with Gasteiger partial charge in [-0.1, -0.05) is 61.6 Å². The number of aryl methyl sites for hydroxylation is 2. The number of rotatable bonds is 10. The van der Waals surface area contributed by atoms with Crippen molar-refractivity contribution in [2.45, 2.75) is 58.1 Å². The van der Waals surface area contributed by atoms with Crippen LogP contribution in [0.25, 0.3) is 11.3 Å². The van der Waals surface area contributed by atoms with Crippen LogP contribution in [-0.2, 0) is 16.9 Å². The van der Waals surface area contributed by atoms with Gasteiger partial charge < -0.3 is 15.2 Å². The van der Waals surface area contributed by atoms with Crippen molar-refractivity contribution in [3.63, 3.8) is 0 Å². The summed E-state index contributed by atoms with van der Waals surface area (Å²) < 4.78 is 10.7. The first-order valence-corrected chi connectivity index (χ1v) is 12.6. The number of halogens is 1. The van der Waals surface area contributed by atoms with E-state index in [2.05, 4.69) is 37.1 Å². The summed E-state index contributed by atoms with van der Waals surface area (Å²) in [6.45, 7) is 6.76. The smallest absolute Gasteiger partial charge is 0.136 e. The van der Waals surface area contributed by atoms with Crippen molar-refractivity contribution in [3.05, 3.63) is 68.0 Å². The molecule has 0 amide bonds. The molecule has 0 spiro atoms. The molecule has 2 atom stereocenters. The molecule has 4 nitrogen and oxygen atoms in total. The Kier molecular flexibility index (Phi) is 8.78. The minimum atomic E-state index is -1.04. The van der Waals surface area contributed by atoms with E-state index in [9.17, 15) is 0 Å². The third kappa shape index (κ3) is 5.31. The number of nitrogens with zero attached hydrogens (tertiary/aromatic N) is 1. The Hall–Kier alpha value is -2.36. The third-order valence-corrected chi connectivity index (χ3v) is 7.65. The van der Waals surface area contributed by atoms with Gasteiger partial charge in [0.2, 0.25) is 0 Å². The molecule has 0 bridgehead atoms. The number of unbranched alkanes of at least 4 members (excludes halogenated alkanes) is 1. The molecule has 1 heterocycles. The first kappa shape index (κ1) is 26.2. The summed E-state index contributed by atoms with van der Waals surface area (Å²) in [6, 6.07) is 12.2. The van der Waals surface area contributed by atoms with Gasteiger partial charge in [-0.25, -0.2) is 4.98 Å². The summed E-state index contributed by atoms with van der Waals surface area (Å²) >= 11 is 8.16. The second-order valence-electron chi connectivity index (χ2n) is 8.61. The summed E-state index contributed by atoms with van der Waals surface area (Å²) in [7, 11) is 3.33. The highest BCUT2D eigenvalue weighted by atomic mass is 35.5. The number of terminal acetylenes is 1. The van der Waals surface area contributed by atoms with Gasteiger partial charge in [0, 0.05) is 23.5 Å². The quantitative estimate of drug-likeness (QED) is 0.307. The van der Waals surface area contributed by atoms with Crippen LogP contribution in [-0.4, -0.2) is 19.2 Å². The molecule has 3 aromatic rings. The third-order valence-electron chi connectivity index (χ3n) is 6.22. The maximum absolute atomic E-state index is 7.04. The highest BCUT2D eigenvalue weighted by Crippen LogP contribution is 2.43. The Bertz CT molecular complexity index is 1170. The lowest BCUT2D eigenvalue weighted by Gasteiger charge is -2.32. The lowest BCUT2D eigenvalue weighted by atomic mass is 9.77. The highest BCUT2D eigenvalue weighted by Gasteiger charge is 2.39. The van der Waals surface area contributed by atoms with Gasteiger partial charge in [0.15, 0.2) is 0 Å². The summed E-state index contributed by atoms with van der Waals surface area (Å²) in [6.07, 6.45) is 9.09. The second-order valence-corrected chi connectivity index (χ2v) is 10.2. The minimum absolute atomic E-state index is 0.0690. The largest absolute Gasteiger partial charge is 0.496 e. The molecule has 0 saturated carbocycles. The first-order valence-electron chi connectivity index (χ1n) is 11.5. The summed E-state index contributed by atoms with van der Waals surface area (Å²) in [5.41, 5.74) is 10.9. The van der Waals surface area contributed by atoms with Crippen LogP contribution in [0.2, 0.25) is 5.02 Å². The van der Waals surface area contributed by atoms with Crippen LogP contribution in [0.15, 0.2) is 36.4 Å². The standard InChI is InChI=1S/C28H33ClN2O2S/c1-7-9-10-23(21-13-11-20(12-14-21)17-32-5)28(30,8-2)27-31-26(19(4)34-27)22-15-18(3)25(33-6)16-24(22)29/h2,11-16,23H,7,9-10,17,30H2,1,3-6H3/t23-,28?/m0/s1. The lowest BCUT2D eigenvalue weighted by Crippen LogP contribution is -2.41. The highest BCUT2D eigenvalue weighted by molar-refractivity contribution is 7.12. The predicted molar refractivity (Wildman–Crippen MR) is 143 cm³/mol. The average Bonchev–Trinajstić information content (AvgIpc) is 3.23. The first-order chi connectivity index (χ1) is 16.3. The molecule has 0 radical (unpaired) electrons. The molecule has 2 aromatic carbocycles. The fourth-order valence-electron chi connectivity index (χ4n) is 4.28. The van der Waals surface area contributed by atoms with E-state index in [1.54, 1.807) is 25.6 Å². The van der Waals surface area contributed by atoms with Crippen LogP contribution in [0.5, 0.6) is 5.75 Å². The van der Waals surface area contributed by atoms with Crippen LogP contribution in [0.1, 0.15) is 58.7 Å². The van der Waals surface area contributed by atoms with Gasteiger partial charge in [-0.3, -0.25) is 0 Å². The Labute approximate surface area is 212 Å². The Morgan fingerprint density at radius 2 is 1.91 bits per heavy atom. The van der Waals surface area contributed by atoms with Crippen molar-refractivity contribution in [2.24, 2.45) is 5.73 Å². The maximum Gasteiger partial charge on any atom is 0.136 e. The number of aromatic nitrogens is 1. The number of ether oxygens (including phenoxy) is 2. The molecule has 34 heavy (non-hydrogen) atoms. The zero-order chi connectivity index (χ0) is 24.9. The van der Waals surface area contributed by atoms with Crippen molar-refractivity contribution < 1.29 is 9.47 Å². The average molecular weight is 497 g/mol. The van der Waals surface area contributed by atoms with Crippen molar-refractivity contribution in [2.75, 3.05) is 14.2 Å². The molecular weight excluding hydrogens is 464 g/mol. The van der Waals surface area contributed by atoms with Crippen LogP contribution in [0, 0.1) is 26.2 Å². The van der Waals surface area contributed by atoms with Crippen LogP contribution in [0.4, 0.5) is 0 Å². The number of thiazole rings is 1. The fraction of sp³-hybridized carbons (Fsp3) is 0.393. The van der Waals surface area contributed by atoms with Crippen molar-refractivity contribution >= 4 is 22.9 Å². The number of hydrogen-bond acceptors (Lipinski definition) is 5. The topological polar surface area (TPSA) is 57.4 Å². The molecule has 0 saturated heterocycles. The molecule has 3 rings (SSSR count). The van der Waals surface area contributed by atoms with E-state index in [0.29, 0.717) is 11.6 Å². The number of nitrogens with two attached hydrogens (primary N) is 1. The monoisotopic (exact) mass is 496 g/mol. The van der Waals surface area contributed by atoms with Gasteiger partial charge in [-0.2, -0.15) is 0 Å². The van der Waals surface area contributed by atoms with Crippen molar-refractivity contribution in [1.82, 2.24) is 4.98 Å². The number of methoxy groups -OCH3 is 2. The summed E-state index contributed by atoms with van der Waals surface area (Å²) in [4.78, 5) is 6.01. The molecule has 0 fully saturated rings. The maximum atomic E-state index is 7.04. The van der Waals surface area contributed by atoms with Crippen LogP contribution < -0.4 is 10.5 Å². The summed E-state index contributed by atoms with van der Waals surface area (Å²) in [5.74, 6) is 3.60. The molecule has 6 heteroatoms. The van der Waals surface area contributed by atoms with E-state index in [1.807, 2.05) is 26.0 Å². The molecule has 0 aliphatic heterocycles. The molecule has 180 valence electrons. The molecule has 1 aromatic heterocycles. The second kappa shape index (κ2) is 11.4. The zero-order valence-electron chi connectivity index (χ0n) is 20.6. The van der Waals surface area contributed by atoms with Crippen molar-refractivity contribution in [3.8, 4) is 29.4 Å². The molecule has 1 unspecified atom stereocenters. The van der Waals surface area contributed by atoms with E-state index in [0.717, 1.165) is 62.8 Å². The lowest BCUT2D eigenvalue weighted by molar-refractivity contribution is 0.185. The van der Waals surface area contributed by atoms with Crippen LogP contribution >= 0.6 is 22.9 Å². The van der Waals surface area contributed by atoms with E-state index >= 15 is 0 Å². The minimum Gasteiger partial charge on any atom is -0.496 e. The number of benzene rings is 2. The Morgan fingerprint density at radius 1 is 1.21 bits per heavy atom. The molecule has 0 aliphatic rings. The zero-order valence-corrected chi connectivity index (χ0v) is 22.1. The van der Waals surface area contributed by atoms with E-state index in [-0.39, 0.29) is 5.92 Å². The van der Waals surface area contributed by atoms with Gasteiger partial charge in [-0.05, 0) is 49.1 Å². The van der Waals surface area contributed by atoms with Crippen LogP contribution in [0.3, 0.4) is 0 Å². The normalized spacial score (nSPS) is 13.8. The van der Waals surface area contributed by atoms with Crippen molar-refractivity contribution in [1.29, 1.82) is 0 Å². The Morgan fingerprint density at radius 3 is 2.50 bits per heavy atom. The van der Waals surface area contributed by atoms with Gasteiger partial charge >= 0.3 is 0 Å². The molecule has 2 N–H and O–H groups in total. The fourth-order valence-corrected chi connectivity index (χ4v) is 5.57. The predicted octanol–water partition coefficient (Wildman–Crippen LogP) is 7.00. The Balaban J connectivity index is 2.08. The van der Waals surface area contributed by atoms with E-state index in [4.69, 9.17) is 38.2 Å². The number of hydrogen-bond donors (Lipinski definition) is 1. The van der Waals surface area contributed by atoms with Gasteiger partial charge in [0.25, 0.3) is 0 Å².